The summed E-state index contributed by atoms with van der Waals surface area (Å²) in [5.74, 6) is -2.25. The molecule has 0 radical (unpaired) electrons. The Kier molecular flexibility index (Phi) is 7.93. The summed E-state index contributed by atoms with van der Waals surface area (Å²) < 4.78 is 38.6. The summed E-state index contributed by atoms with van der Waals surface area (Å²) >= 11 is 0. The van der Waals surface area contributed by atoms with Crippen molar-refractivity contribution in [1.82, 2.24) is 4.90 Å². The van der Waals surface area contributed by atoms with Gasteiger partial charge in [0.05, 0.1) is 18.2 Å². The van der Waals surface area contributed by atoms with Gasteiger partial charge in [0.1, 0.15) is 0 Å². The Morgan fingerprint density at radius 3 is 2.26 bits per heavy atom. The minimum atomic E-state index is -4.46. The number of carbonyl (C=O) groups is 3. The molecule has 7 nitrogen and oxygen atoms in total. The normalized spacial score (nSPS) is 16.8. The molecule has 2 amide bonds. The van der Waals surface area contributed by atoms with E-state index in [-0.39, 0.29) is 19.4 Å². The lowest BCUT2D eigenvalue weighted by atomic mass is 10.1. The van der Waals surface area contributed by atoms with Gasteiger partial charge in [0.15, 0.2) is 6.10 Å². The van der Waals surface area contributed by atoms with E-state index >= 15 is 0 Å². The lowest BCUT2D eigenvalue weighted by molar-refractivity contribution is -0.152. The van der Waals surface area contributed by atoms with Crippen LogP contribution in [0.1, 0.15) is 36.8 Å². The third-order valence-electron chi connectivity index (χ3n) is 5.78. The zero-order valence-electron chi connectivity index (χ0n) is 18.2. The highest BCUT2D eigenvalue weighted by molar-refractivity contribution is 5.95. The van der Waals surface area contributed by atoms with Crippen LogP contribution in [0.4, 0.5) is 18.9 Å². The number of carbonyl (C=O) groups excluding carboxylic acids is 2. The summed E-state index contributed by atoms with van der Waals surface area (Å²) in [4.78, 5) is 39.5. The lowest BCUT2D eigenvalue weighted by Crippen LogP contribution is -2.46. The predicted molar refractivity (Wildman–Crippen MR) is 117 cm³/mol. The molecule has 3 rings (SSSR count). The van der Waals surface area contributed by atoms with Crippen LogP contribution >= 0.6 is 0 Å². The second-order valence-corrected chi connectivity index (χ2v) is 8.09. The van der Waals surface area contributed by atoms with Gasteiger partial charge in [-0.2, -0.15) is 13.2 Å². The number of carboxylic acids is 1. The molecule has 1 fully saturated rings. The summed E-state index contributed by atoms with van der Waals surface area (Å²) in [5.41, 5.74) is 0.226. The van der Waals surface area contributed by atoms with Gasteiger partial charge >= 0.3 is 12.1 Å². The Hall–Kier alpha value is -3.40. The first-order chi connectivity index (χ1) is 16.1. The summed E-state index contributed by atoms with van der Waals surface area (Å²) in [7, 11) is 0. The molecular weight excluding hydrogens is 453 g/mol. The van der Waals surface area contributed by atoms with Crippen LogP contribution in [0.3, 0.4) is 0 Å². The number of aliphatic hydroxyl groups is 1. The average Bonchev–Trinajstić information content (AvgIpc) is 3.30. The molecule has 1 heterocycles. The molecular formula is C24H25F3N2O5. The van der Waals surface area contributed by atoms with Crippen LogP contribution < -0.4 is 4.90 Å². The molecule has 0 aliphatic carbocycles. The molecule has 1 aliphatic rings. The molecule has 1 unspecified atom stereocenters. The monoisotopic (exact) mass is 478 g/mol. The maximum Gasteiger partial charge on any atom is 0.416 e. The van der Waals surface area contributed by atoms with Gasteiger partial charge in [0.25, 0.3) is 0 Å². The maximum atomic E-state index is 13.0. The van der Waals surface area contributed by atoms with Gasteiger partial charge in [-0.05, 0) is 42.7 Å². The van der Waals surface area contributed by atoms with E-state index < -0.39 is 41.7 Å². The van der Waals surface area contributed by atoms with E-state index in [0.29, 0.717) is 30.6 Å². The van der Waals surface area contributed by atoms with Crippen molar-refractivity contribution in [3.05, 3.63) is 65.7 Å². The van der Waals surface area contributed by atoms with Crippen LogP contribution in [0.5, 0.6) is 0 Å². The van der Waals surface area contributed by atoms with E-state index in [1.54, 1.807) is 30.3 Å². The molecule has 2 N–H and O–H groups in total. The zero-order chi connectivity index (χ0) is 24.9. The number of nitrogens with zero attached hydrogens (tertiary/aromatic N) is 2. The number of aliphatic carboxylic acids is 1. The lowest BCUT2D eigenvalue weighted by Gasteiger charge is -2.27. The molecule has 0 aromatic heterocycles. The van der Waals surface area contributed by atoms with Crippen molar-refractivity contribution in [3.8, 4) is 0 Å². The minimum absolute atomic E-state index is 0.0131. The second-order valence-electron chi connectivity index (χ2n) is 8.09. The average molecular weight is 478 g/mol. The zero-order valence-corrected chi connectivity index (χ0v) is 18.2. The Morgan fingerprint density at radius 2 is 1.68 bits per heavy atom. The van der Waals surface area contributed by atoms with Crippen LogP contribution in [-0.2, 0) is 27.1 Å². The molecule has 0 saturated carbocycles. The Bertz CT molecular complexity index is 1010. The van der Waals surface area contributed by atoms with E-state index in [0.717, 1.165) is 12.1 Å². The number of halogens is 3. The number of benzene rings is 2. The van der Waals surface area contributed by atoms with Crippen LogP contribution in [0.15, 0.2) is 54.6 Å². The minimum Gasteiger partial charge on any atom is -0.479 e. The summed E-state index contributed by atoms with van der Waals surface area (Å²) in [6.45, 7) is 0.315. The first-order valence-electron chi connectivity index (χ1n) is 10.8. The van der Waals surface area contributed by atoms with Crippen molar-refractivity contribution >= 4 is 23.5 Å². The fourth-order valence-electron chi connectivity index (χ4n) is 4.00. The smallest absolute Gasteiger partial charge is 0.416 e. The molecule has 182 valence electrons. The van der Waals surface area contributed by atoms with E-state index in [1.165, 1.54) is 21.9 Å². The number of hydrogen-bond donors (Lipinski definition) is 2. The van der Waals surface area contributed by atoms with Crippen molar-refractivity contribution in [2.24, 2.45) is 0 Å². The van der Waals surface area contributed by atoms with E-state index in [2.05, 4.69) is 0 Å². The molecule has 10 heteroatoms. The Morgan fingerprint density at radius 1 is 1.03 bits per heavy atom. The number of rotatable bonds is 8. The molecule has 0 spiro atoms. The van der Waals surface area contributed by atoms with Gasteiger partial charge in [-0.3, -0.25) is 9.59 Å². The third kappa shape index (κ3) is 6.13. The van der Waals surface area contributed by atoms with Crippen molar-refractivity contribution in [2.45, 2.75) is 50.6 Å². The van der Waals surface area contributed by atoms with Crippen LogP contribution in [0.2, 0.25) is 0 Å². The highest BCUT2D eigenvalue weighted by Crippen LogP contribution is 2.30. The largest absolute Gasteiger partial charge is 0.479 e. The van der Waals surface area contributed by atoms with E-state index in [1.807, 2.05) is 0 Å². The molecule has 2 aromatic rings. The molecule has 0 bridgehead atoms. The number of amides is 2. The standard InChI is InChI=1S/C24H25F3N2O5/c25-24(26,27)17-10-8-16(9-11-17)15-29(18-5-2-1-3-6-18)21(31)13-12-20(30)28-14-4-7-19(28)22(32)23(33)34/h1-3,5-6,8-11,19,22,32H,4,7,12-15H2,(H,33,34)/t19-,22?/m0/s1. The predicted octanol–water partition coefficient (Wildman–Crippen LogP) is 3.46. The van der Waals surface area contributed by atoms with Crippen molar-refractivity contribution in [3.63, 3.8) is 0 Å². The SMILES string of the molecule is O=C(O)C(O)[C@@H]1CCCN1C(=O)CCC(=O)N(Cc1ccc(C(F)(F)F)cc1)c1ccccc1. The maximum absolute atomic E-state index is 13.0. The third-order valence-corrected chi connectivity index (χ3v) is 5.78. The highest BCUT2D eigenvalue weighted by atomic mass is 19.4. The highest BCUT2D eigenvalue weighted by Gasteiger charge is 2.37. The number of likely N-dealkylation sites (tertiary alicyclic amines) is 1. The van der Waals surface area contributed by atoms with Crippen LogP contribution in [-0.4, -0.2) is 51.6 Å². The topological polar surface area (TPSA) is 98.1 Å². The van der Waals surface area contributed by atoms with Gasteiger partial charge in [0.2, 0.25) is 11.8 Å². The van der Waals surface area contributed by atoms with Crippen LogP contribution in [0, 0.1) is 0 Å². The molecule has 34 heavy (non-hydrogen) atoms. The second kappa shape index (κ2) is 10.7. The fourth-order valence-corrected chi connectivity index (χ4v) is 4.00. The van der Waals surface area contributed by atoms with E-state index in [4.69, 9.17) is 5.11 Å². The number of hydrogen-bond acceptors (Lipinski definition) is 4. The van der Waals surface area contributed by atoms with Crippen molar-refractivity contribution in [1.29, 1.82) is 0 Å². The van der Waals surface area contributed by atoms with Gasteiger partial charge in [-0.15, -0.1) is 0 Å². The molecule has 1 aliphatic heterocycles. The van der Waals surface area contributed by atoms with Crippen molar-refractivity contribution in [2.75, 3.05) is 11.4 Å². The summed E-state index contributed by atoms with van der Waals surface area (Å²) in [6, 6.07) is 12.2. The number of anilines is 1. The number of para-hydroxylation sites is 1. The Balaban J connectivity index is 1.70. The number of alkyl halides is 3. The van der Waals surface area contributed by atoms with E-state index in [9.17, 15) is 32.7 Å². The Labute approximate surface area is 194 Å². The first-order valence-corrected chi connectivity index (χ1v) is 10.8. The molecule has 2 atom stereocenters. The summed E-state index contributed by atoms with van der Waals surface area (Å²) in [5, 5.41) is 18.9. The quantitative estimate of drug-likeness (QED) is 0.606. The summed E-state index contributed by atoms with van der Waals surface area (Å²) in [6.07, 6.45) is -5.60. The van der Waals surface area contributed by atoms with Crippen molar-refractivity contribution < 1.29 is 37.8 Å². The van der Waals surface area contributed by atoms with Gasteiger partial charge in [0, 0.05) is 25.1 Å². The first kappa shape index (κ1) is 25.2. The number of carboxylic acid groups (broad SMARTS) is 1. The number of aliphatic hydroxyl groups excluding tert-OH is 1. The fraction of sp³-hybridized carbons (Fsp3) is 0.375. The van der Waals surface area contributed by atoms with Gasteiger partial charge < -0.3 is 20.0 Å². The van der Waals surface area contributed by atoms with Gasteiger partial charge in [-0.1, -0.05) is 30.3 Å². The van der Waals surface area contributed by atoms with Crippen LogP contribution in [0.25, 0.3) is 0 Å². The molecule has 2 aromatic carbocycles. The van der Waals surface area contributed by atoms with Gasteiger partial charge in [-0.25, -0.2) is 4.79 Å². The molecule has 1 saturated heterocycles.